The van der Waals surface area contributed by atoms with Crippen LogP contribution in [0.5, 0.6) is 17.2 Å². The van der Waals surface area contributed by atoms with E-state index in [1.165, 1.54) is 20.3 Å². The fourth-order valence-corrected chi connectivity index (χ4v) is 2.79. The van der Waals surface area contributed by atoms with Crippen molar-refractivity contribution in [2.75, 3.05) is 14.2 Å². The first-order chi connectivity index (χ1) is 12.5. The van der Waals surface area contributed by atoms with Gasteiger partial charge in [-0.15, -0.1) is 0 Å². The molecule has 0 radical (unpaired) electrons. The predicted molar refractivity (Wildman–Crippen MR) is 97.1 cm³/mol. The summed E-state index contributed by atoms with van der Waals surface area (Å²) in [6.07, 6.45) is 1.40. The molecule has 0 saturated heterocycles. The molecule has 26 heavy (non-hydrogen) atoms. The molecule has 3 aromatic rings. The third-order valence-electron chi connectivity index (χ3n) is 4.09. The van der Waals surface area contributed by atoms with E-state index in [1.807, 2.05) is 0 Å². The Kier molecular flexibility index (Phi) is 4.67. The van der Waals surface area contributed by atoms with Gasteiger partial charge in [0.15, 0.2) is 11.5 Å². The highest BCUT2D eigenvalue weighted by Crippen LogP contribution is 2.33. The minimum atomic E-state index is -0.434. The lowest BCUT2D eigenvalue weighted by Gasteiger charge is -2.11. The van der Waals surface area contributed by atoms with Crippen molar-refractivity contribution in [1.29, 1.82) is 0 Å². The Morgan fingerprint density at radius 1 is 1.00 bits per heavy atom. The number of benzene rings is 2. The Labute approximate surface area is 149 Å². The minimum absolute atomic E-state index is 0.184. The molecule has 0 N–H and O–H groups in total. The van der Waals surface area contributed by atoms with Crippen molar-refractivity contribution in [2.24, 2.45) is 0 Å². The van der Waals surface area contributed by atoms with E-state index in [0.717, 1.165) is 0 Å². The zero-order valence-corrected chi connectivity index (χ0v) is 14.9. The lowest BCUT2D eigenvalue weighted by atomic mass is 10.0. The second-order valence-electron chi connectivity index (χ2n) is 5.71. The molecule has 0 aliphatic heterocycles. The molecule has 0 saturated carbocycles. The molecule has 3 rings (SSSR count). The van der Waals surface area contributed by atoms with Crippen molar-refractivity contribution in [3.8, 4) is 28.4 Å². The van der Waals surface area contributed by atoms with Gasteiger partial charge in [-0.1, -0.05) is 6.07 Å². The lowest BCUT2D eigenvalue weighted by Crippen LogP contribution is -2.07. The number of hydrogen-bond donors (Lipinski definition) is 0. The normalized spacial score (nSPS) is 10.6. The molecule has 0 aliphatic rings. The average molecular weight is 354 g/mol. The fourth-order valence-electron chi connectivity index (χ4n) is 2.79. The summed E-state index contributed by atoms with van der Waals surface area (Å²) in [5, 5.41) is 0.408. The van der Waals surface area contributed by atoms with Crippen molar-refractivity contribution in [3.63, 3.8) is 0 Å². The molecule has 134 valence electrons. The van der Waals surface area contributed by atoms with Crippen molar-refractivity contribution in [1.82, 2.24) is 0 Å². The van der Waals surface area contributed by atoms with Crippen molar-refractivity contribution in [2.45, 2.75) is 13.8 Å². The Morgan fingerprint density at radius 3 is 2.35 bits per heavy atom. The van der Waals surface area contributed by atoms with E-state index in [2.05, 4.69) is 0 Å². The molecular weight excluding hydrogens is 336 g/mol. The summed E-state index contributed by atoms with van der Waals surface area (Å²) in [6.45, 7) is 3.06. The van der Waals surface area contributed by atoms with Crippen LogP contribution in [-0.4, -0.2) is 20.2 Å². The second-order valence-corrected chi connectivity index (χ2v) is 5.71. The van der Waals surface area contributed by atoms with Crippen LogP contribution in [0, 0.1) is 6.92 Å². The molecule has 6 nitrogen and oxygen atoms in total. The Balaban J connectivity index is 2.16. The van der Waals surface area contributed by atoms with Crippen molar-refractivity contribution < 1.29 is 23.4 Å². The maximum absolute atomic E-state index is 12.9. The number of hydrogen-bond acceptors (Lipinski definition) is 6. The molecule has 0 atom stereocenters. The van der Waals surface area contributed by atoms with Crippen LogP contribution in [0.15, 0.2) is 45.8 Å². The molecule has 2 aromatic carbocycles. The van der Waals surface area contributed by atoms with Gasteiger partial charge >= 0.3 is 5.97 Å². The maximum Gasteiger partial charge on any atom is 0.308 e. The van der Waals surface area contributed by atoms with Crippen LogP contribution in [-0.2, 0) is 4.79 Å². The highest BCUT2D eigenvalue weighted by Gasteiger charge is 2.15. The standard InChI is InChI=1S/C20H18O6/c1-11-16(26-12(2)21)8-6-14-19(22)15(10-25-20(11)14)13-5-7-17(23-3)18(9-13)24-4/h5-10H,1-4H3. The van der Waals surface area contributed by atoms with Crippen LogP contribution in [0.4, 0.5) is 0 Å². The van der Waals surface area contributed by atoms with E-state index >= 15 is 0 Å². The van der Waals surface area contributed by atoms with Crippen LogP contribution in [0.25, 0.3) is 22.1 Å². The first kappa shape index (κ1) is 17.5. The van der Waals surface area contributed by atoms with Crippen LogP contribution < -0.4 is 19.6 Å². The summed E-state index contributed by atoms with van der Waals surface area (Å²) in [5.41, 5.74) is 1.85. The van der Waals surface area contributed by atoms with E-state index in [4.69, 9.17) is 18.6 Å². The van der Waals surface area contributed by atoms with E-state index in [9.17, 15) is 9.59 Å². The number of fused-ring (bicyclic) bond motifs is 1. The molecular formula is C20H18O6. The van der Waals surface area contributed by atoms with Crippen LogP contribution in [0.3, 0.4) is 0 Å². The first-order valence-corrected chi connectivity index (χ1v) is 7.92. The Morgan fingerprint density at radius 2 is 1.69 bits per heavy atom. The van der Waals surface area contributed by atoms with Crippen molar-refractivity contribution in [3.05, 3.63) is 52.4 Å². The number of carbonyl (C=O) groups is 1. The Hall–Kier alpha value is -3.28. The summed E-state index contributed by atoms with van der Waals surface area (Å²) in [6, 6.07) is 8.40. The van der Waals surface area contributed by atoms with Crippen LogP contribution >= 0.6 is 0 Å². The Bertz CT molecular complexity index is 1050. The summed E-state index contributed by atoms with van der Waals surface area (Å²) in [7, 11) is 3.08. The monoisotopic (exact) mass is 354 g/mol. The third-order valence-corrected chi connectivity index (χ3v) is 4.09. The van der Waals surface area contributed by atoms with Gasteiger partial charge in [-0.3, -0.25) is 9.59 Å². The molecule has 0 bridgehead atoms. The molecule has 0 fully saturated rings. The van der Waals surface area contributed by atoms with Gasteiger partial charge in [0.1, 0.15) is 17.6 Å². The van der Waals surface area contributed by atoms with Gasteiger partial charge in [-0.05, 0) is 36.8 Å². The van der Waals surface area contributed by atoms with Gasteiger partial charge in [-0.25, -0.2) is 0 Å². The highest BCUT2D eigenvalue weighted by atomic mass is 16.5. The van der Waals surface area contributed by atoms with Gasteiger partial charge in [0, 0.05) is 12.5 Å². The largest absolute Gasteiger partial charge is 0.493 e. The van der Waals surface area contributed by atoms with Crippen molar-refractivity contribution >= 4 is 16.9 Å². The molecule has 0 unspecified atom stereocenters. The van der Waals surface area contributed by atoms with Gasteiger partial charge in [0.2, 0.25) is 5.43 Å². The molecule has 1 aromatic heterocycles. The number of esters is 1. The molecule has 0 aliphatic carbocycles. The summed E-state index contributed by atoms with van der Waals surface area (Å²) >= 11 is 0. The summed E-state index contributed by atoms with van der Waals surface area (Å²) < 4.78 is 21.3. The zero-order chi connectivity index (χ0) is 18.8. The maximum atomic E-state index is 12.9. The second kappa shape index (κ2) is 6.92. The summed E-state index contributed by atoms with van der Waals surface area (Å²) in [4.78, 5) is 24.1. The van der Waals surface area contributed by atoms with Gasteiger partial charge in [0.25, 0.3) is 0 Å². The smallest absolute Gasteiger partial charge is 0.308 e. The van der Waals surface area contributed by atoms with Gasteiger partial charge < -0.3 is 18.6 Å². The first-order valence-electron chi connectivity index (χ1n) is 7.92. The SMILES string of the molecule is COc1ccc(-c2coc3c(C)c(OC(C)=O)ccc3c2=O)cc1OC. The van der Waals surface area contributed by atoms with E-state index in [-0.39, 0.29) is 5.43 Å². The zero-order valence-electron chi connectivity index (χ0n) is 14.9. The topological polar surface area (TPSA) is 75.0 Å². The van der Waals surface area contributed by atoms with E-state index in [1.54, 1.807) is 44.4 Å². The highest BCUT2D eigenvalue weighted by molar-refractivity contribution is 5.86. The third kappa shape index (κ3) is 3.01. The number of carbonyl (C=O) groups excluding carboxylic acids is 1. The lowest BCUT2D eigenvalue weighted by molar-refractivity contribution is -0.131. The number of ether oxygens (including phenoxy) is 3. The number of rotatable bonds is 4. The number of aryl methyl sites for hydroxylation is 1. The molecule has 0 amide bonds. The molecule has 0 spiro atoms. The minimum Gasteiger partial charge on any atom is -0.493 e. The number of methoxy groups -OCH3 is 2. The van der Waals surface area contributed by atoms with E-state index in [0.29, 0.717) is 44.9 Å². The molecule has 1 heterocycles. The molecule has 6 heteroatoms. The predicted octanol–water partition coefficient (Wildman–Crippen LogP) is 3.71. The van der Waals surface area contributed by atoms with Crippen LogP contribution in [0.2, 0.25) is 0 Å². The van der Waals surface area contributed by atoms with Gasteiger partial charge in [-0.2, -0.15) is 0 Å². The van der Waals surface area contributed by atoms with Gasteiger partial charge in [0.05, 0.1) is 25.2 Å². The average Bonchev–Trinajstić information content (AvgIpc) is 2.63. The quantitative estimate of drug-likeness (QED) is 0.525. The fraction of sp³-hybridized carbons (Fsp3) is 0.200. The van der Waals surface area contributed by atoms with E-state index < -0.39 is 5.97 Å². The summed E-state index contributed by atoms with van der Waals surface area (Å²) in [5.74, 6) is 1.03. The van der Waals surface area contributed by atoms with Crippen LogP contribution in [0.1, 0.15) is 12.5 Å².